The maximum atomic E-state index is 5.97. The van der Waals surface area contributed by atoms with Crippen molar-refractivity contribution in [1.82, 2.24) is 19.6 Å². The van der Waals surface area contributed by atoms with E-state index < -0.39 is 0 Å². The summed E-state index contributed by atoms with van der Waals surface area (Å²) in [6.45, 7) is 8.92. The molecule has 0 radical (unpaired) electrons. The van der Waals surface area contributed by atoms with Gasteiger partial charge in [-0.05, 0) is 57.5 Å². The molecule has 1 aliphatic rings. The molecule has 7 heteroatoms. The number of benzene rings is 1. The normalized spacial score (nSPS) is 16.0. The second kappa shape index (κ2) is 6.25. The van der Waals surface area contributed by atoms with Crippen molar-refractivity contribution in [2.24, 2.45) is 0 Å². The summed E-state index contributed by atoms with van der Waals surface area (Å²) in [7, 11) is 0. The number of aromatic nitrogens is 4. The Labute approximate surface area is 167 Å². The minimum atomic E-state index is -0.178. The van der Waals surface area contributed by atoms with E-state index in [0.29, 0.717) is 12.4 Å². The molecule has 0 bridgehead atoms. The van der Waals surface area contributed by atoms with Gasteiger partial charge in [0.15, 0.2) is 11.5 Å². The minimum Gasteiger partial charge on any atom is -0.491 e. The Kier molecular flexibility index (Phi) is 3.93. The summed E-state index contributed by atoms with van der Waals surface area (Å²) >= 11 is 1.69. The van der Waals surface area contributed by atoms with E-state index >= 15 is 0 Å². The van der Waals surface area contributed by atoms with Gasteiger partial charge in [-0.2, -0.15) is 0 Å². The first kappa shape index (κ1) is 17.6. The third-order valence-corrected chi connectivity index (χ3v) is 6.01. The summed E-state index contributed by atoms with van der Waals surface area (Å²) in [5.41, 5.74) is 2.94. The van der Waals surface area contributed by atoms with Crippen LogP contribution in [0.2, 0.25) is 0 Å². The molecule has 0 spiro atoms. The number of rotatable bonds is 3. The van der Waals surface area contributed by atoms with Gasteiger partial charge in [-0.15, -0.1) is 16.4 Å². The van der Waals surface area contributed by atoms with Gasteiger partial charge in [0.05, 0.1) is 23.7 Å². The van der Waals surface area contributed by atoms with Gasteiger partial charge in [0.1, 0.15) is 16.9 Å². The molecule has 0 unspecified atom stereocenters. The lowest BCUT2D eigenvalue weighted by atomic mass is 9.94. The molecule has 0 atom stereocenters. The van der Waals surface area contributed by atoms with Crippen LogP contribution in [0, 0.1) is 0 Å². The maximum Gasteiger partial charge on any atom is 0.182 e. The predicted octanol–water partition coefficient (Wildman–Crippen LogP) is 4.64. The zero-order valence-electron chi connectivity index (χ0n) is 16.4. The van der Waals surface area contributed by atoms with Gasteiger partial charge in [-0.3, -0.25) is 0 Å². The van der Waals surface area contributed by atoms with Crippen LogP contribution in [0.15, 0.2) is 30.6 Å². The first-order valence-corrected chi connectivity index (χ1v) is 10.3. The SMILES string of the molecule is CC(C)Oc1ccc(-c2nc3c4c5c(sc4ncn3n2)COC(C)(C)C5)cc1. The van der Waals surface area contributed by atoms with E-state index in [2.05, 4.69) is 23.9 Å². The summed E-state index contributed by atoms with van der Waals surface area (Å²) in [5.74, 6) is 1.54. The fourth-order valence-corrected chi connectivity index (χ4v) is 4.68. The van der Waals surface area contributed by atoms with E-state index in [-0.39, 0.29) is 11.7 Å². The van der Waals surface area contributed by atoms with E-state index in [4.69, 9.17) is 14.5 Å². The molecule has 144 valence electrons. The number of fused-ring (bicyclic) bond motifs is 5. The molecule has 0 aliphatic carbocycles. The van der Waals surface area contributed by atoms with Crippen molar-refractivity contribution in [3.05, 3.63) is 41.0 Å². The summed E-state index contributed by atoms with van der Waals surface area (Å²) in [4.78, 5) is 11.7. The van der Waals surface area contributed by atoms with Crippen LogP contribution < -0.4 is 4.74 Å². The second-order valence-electron chi connectivity index (χ2n) is 8.05. The van der Waals surface area contributed by atoms with Crippen molar-refractivity contribution in [3.8, 4) is 17.1 Å². The highest BCUT2D eigenvalue weighted by molar-refractivity contribution is 7.19. The summed E-state index contributed by atoms with van der Waals surface area (Å²) in [6.07, 6.45) is 2.75. The van der Waals surface area contributed by atoms with Crippen LogP contribution in [-0.2, 0) is 17.8 Å². The Hall–Kier alpha value is -2.51. The summed E-state index contributed by atoms with van der Waals surface area (Å²) < 4.78 is 13.5. The van der Waals surface area contributed by atoms with Crippen LogP contribution >= 0.6 is 11.3 Å². The van der Waals surface area contributed by atoms with Crippen LogP contribution in [0.25, 0.3) is 27.3 Å². The van der Waals surface area contributed by atoms with Crippen LogP contribution in [0.5, 0.6) is 5.75 Å². The molecule has 1 aliphatic heterocycles. The molecule has 28 heavy (non-hydrogen) atoms. The second-order valence-corrected chi connectivity index (χ2v) is 9.13. The molecule has 4 heterocycles. The van der Waals surface area contributed by atoms with Gasteiger partial charge in [-0.1, -0.05) is 0 Å². The number of hydrogen-bond acceptors (Lipinski definition) is 6. The van der Waals surface area contributed by atoms with Crippen molar-refractivity contribution in [1.29, 1.82) is 0 Å². The Balaban J connectivity index is 1.61. The largest absolute Gasteiger partial charge is 0.491 e. The topological polar surface area (TPSA) is 61.5 Å². The quantitative estimate of drug-likeness (QED) is 0.506. The lowest BCUT2D eigenvalue weighted by Gasteiger charge is -2.30. The van der Waals surface area contributed by atoms with Crippen molar-refractivity contribution in [3.63, 3.8) is 0 Å². The zero-order valence-corrected chi connectivity index (χ0v) is 17.2. The molecule has 6 nitrogen and oxygen atoms in total. The fourth-order valence-electron chi connectivity index (χ4n) is 3.62. The van der Waals surface area contributed by atoms with Crippen molar-refractivity contribution in [2.75, 3.05) is 0 Å². The highest BCUT2D eigenvalue weighted by Crippen LogP contribution is 2.39. The van der Waals surface area contributed by atoms with Crippen LogP contribution in [0.3, 0.4) is 0 Å². The maximum absolute atomic E-state index is 5.97. The third-order valence-electron chi connectivity index (χ3n) is 4.89. The first-order chi connectivity index (χ1) is 13.4. The average Bonchev–Trinajstić information content (AvgIpc) is 3.21. The molecule has 3 aromatic heterocycles. The minimum absolute atomic E-state index is 0.150. The fraction of sp³-hybridized carbons (Fsp3) is 0.381. The number of ether oxygens (including phenoxy) is 2. The van der Waals surface area contributed by atoms with Crippen molar-refractivity contribution < 1.29 is 9.47 Å². The Morgan fingerprint density at radius 3 is 2.75 bits per heavy atom. The highest BCUT2D eigenvalue weighted by Gasteiger charge is 2.30. The van der Waals surface area contributed by atoms with Crippen molar-refractivity contribution in [2.45, 2.75) is 52.4 Å². The van der Waals surface area contributed by atoms with Gasteiger partial charge in [-0.25, -0.2) is 14.5 Å². The summed E-state index contributed by atoms with van der Waals surface area (Å²) in [6, 6.07) is 7.91. The van der Waals surface area contributed by atoms with Gasteiger partial charge in [0.25, 0.3) is 0 Å². The third kappa shape index (κ3) is 2.95. The number of thiophene rings is 1. The first-order valence-electron chi connectivity index (χ1n) is 9.46. The van der Waals surface area contributed by atoms with E-state index in [1.54, 1.807) is 22.2 Å². The predicted molar refractivity (Wildman–Crippen MR) is 110 cm³/mol. The molecule has 0 saturated heterocycles. The molecular weight excluding hydrogens is 372 g/mol. The molecule has 0 N–H and O–H groups in total. The molecule has 1 aromatic carbocycles. The smallest absolute Gasteiger partial charge is 0.182 e. The number of hydrogen-bond donors (Lipinski definition) is 0. The Morgan fingerprint density at radius 1 is 1.21 bits per heavy atom. The lowest BCUT2D eigenvalue weighted by Crippen LogP contribution is -2.31. The molecule has 0 fully saturated rings. The monoisotopic (exact) mass is 394 g/mol. The molecule has 0 amide bonds. The standard InChI is InChI=1S/C21H22N4O2S/c1-12(2)27-14-7-5-13(6-8-14)18-23-19-17-15-9-21(3,4)26-10-16(15)28-20(17)22-11-25(19)24-18/h5-8,11-12H,9-10H2,1-4H3. The van der Waals surface area contributed by atoms with Gasteiger partial charge in [0.2, 0.25) is 0 Å². The van der Waals surface area contributed by atoms with E-state index in [9.17, 15) is 0 Å². The van der Waals surface area contributed by atoms with E-state index in [1.807, 2.05) is 38.1 Å². The summed E-state index contributed by atoms with van der Waals surface area (Å²) in [5, 5.41) is 5.77. The average molecular weight is 395 g/mol. The van der Waals surface area contributed by atoms with Gasteiger partial charge >= 0.3 is 0 Å². The zero-order chi connectivity index (χ0) is 19.5. The van der Waals surface area contributed by atoms with Crippen LogP contribution in [-0.4, -0.2) is 31.3 Å². The Bertz CT molecular complexity index is 1170. The van der Waals surface area contributed by atoms with Crippen molar-refractivity contribution >= 4 is 27.2 Å². The number of nitrogens with zero attached hydrogens (tertiary/aromatic N) is 4. The van der Waals surface area contributed by atoms with E-state index in [1.165, 1.54) is 10.4 Å². The van der Waals surface area contributed by atoms with Gasteiger partial charge < -0.3 is 9.47 Å². The lowest BCUT2D eigenvalue weighted by molar-refractivity contribution is -0.0379. The molecular formula is C21H22N4O2S. The van der Waals surface area contributed by atoms with E-state index in [0.717, 1.165) is 33.6 Å². The van der Waals surface area contributed by atoms with Crippen LogP contribution in [0.4, 0.5) is 0 Å². The highest BCUT2D eigenvalue weighted by atomic mass is 32.1. The molecule has 5 rings (SSSR count). The Morgan fingerprint density at radius 2 is 2.00 bits per heavy atom. The van der Waals surface area contributed by atoms with Crippen LogP contribution in [0.1, 0.15) is 38.1 Å². The molecule has 4 aromatic rings. The molecule has 0 saturated carbocycles. The van der Waals surface area contributed by atoms with Gasteiger partial charge in [0, 0.05) is 16.9 Å².